The Balaban J connectivity index is 0.00000338. The summed E-state index contributed by atoms with van der Waals surface area (Å²) >= 11 is 5.81. The minimum absolute atomic E-state index is 0. The molecule has 2 N–H and O–H groups in total. The van der Waals surface area contributed by atoms with Crippen molar-refractivity contribution in [3.8, 4) is 0 Å². The van der Waals surface area contributed by atoms with E-state index in [2.05, 4.69) is 65.6 Å². The molecule has 26 heavy (non-hydrogen) atoms. The second-order valence-electron chi connectivity index (χ2n) is 6.79. The van der Waals surface area contributed by atoms with Crippen LogP contribution in [0.5, 0.6) is 0 Å². The predicted octanol–water partition coefficient (Wildman–Crippen LogP) is 4.35. The van der Waals surface area contributed by atoms with Gasteiger partial charge in [-0.25, -0.2) is 4.98 Å². The summed E-state index contributed by atoms with van der Waals surface area (Å²) in [7, 11) is 1.79. The third kappa shape index (κ3) is 6.76. The van der Waals surface area contributed by atoms with Gasteiger partial charge in [0.15, 0.2) is 5.96 Å². The van der Waals surface area contributed by atoms with Crippen LogP contribution >= 0.6 is 35.6 Å². The minimum atomic E-state index is 0. The largest absolute Gasteiger partial charge is 0.356 e. The fourth-order valence-electron chi connectivity index (χ4n) is 2.83. The maximum absolute atomic E-state index is 5.81. The number of benzene rings is 1. The zero-order chi connectivity index (χ0) is 18.3. The maximum Gasteiger partial charge on any atom is 0.191 e. The molecule has 0 spiro atoms. The highest BCUT2D eigenvalue weighted by molar-refractivity contribution is 14.0. The van der Waals surface area contributed by atoms with E-state index in [9.17, 15) is 0 Å². The second-order valence-corrected chi connectivity index (χ2v) is 7.18. The Morgan fingerprint density at radius 2 is 1.88 bits per heavy atom. The predicted molar refractivity (Wildman–Crippen MR) is 122 cm³/mol. The molecule has 1 heterocycles. The molecule has 0 aliphatic rings. The second kappa shape index (κ2) is 10.7. The number of nitrogens with one attached hydrogen (secondary N) is 2. The smallest absolute Gasteiger partial charge is 0.191 e. The Kier molecular flexibility index (Phi) is 9.36. The van der Waals surface area contributed by atoms with Crippen molar-refractivity contribution in [3.05, 3.63) is 64.4 Å². The van der Waals surface area contributed by atoms with Crippen LogP contribution in [0.15, 0.2) is 47.6 Å². The summed E-state index contributed by atoms with van der Waals surface area (Å²) in [6, 6.07) is 12.3. The molecule has 1 aromatic carbocycles. The van der Waals surface area contributed by atoms with Gasteiger partial charge in [-0.3, -0.25) is 4.99 Å². The molecule has 0 aliphatic carbocycles. The first kappa shape index (κ1) is 22.7. The van der Waals surface area contributed by atoms with Crippen LogP contribution in [0.4, 0.5) is 0 Å². The van der Waals surface area contributed by atoms with E-state index < -0.39 is 0 Å². The summed E-state index contributed by atoms with van der Waals surface area (Å²) in [5.41, 5.74) is 3.83. The molecule has 0 unspecified atom stereocenters. The average Bonchev–Trinajstić information content (AvgIpc) is 2.59. The Morgan fingerprint density at radius 1 is 1.15 bits per heavy atom. The van der Waals surface area contributed by atoms with Crippen LogP contribution in [0.2, 0.25) is 5.15 Å². The van der Waals surface area contributed by atoms with E-state index in [-0.39, 0.29) is 29.4 Å². The van der Waals surface area contributed by atoms with Gasteiger partial charge >= 0.3 is 0 Å². The van der Waals surface area contributed by atoms with Crippen LogP contribution in [0.1, 0.15) is 30.5 Å². The van der Waals surface area contributed by atoms with E-state index in [1.165, 1.54) is 11.1 Å². The van der Waals surface area contributed by atoms with E-state index >= 15 is 0 Å². The first-order chi connectivity index (χ1) is 11.9. The number of aromatic nitrogens is 1. The minimum Gasteiger partial charge on any atom is -0.356 e. The van der Waals surface area contributed by atoms with Gasteiger partial charge in [-0.1, -0.05) is 55.8 Å². The van der Waals surface area contributed by atoms with Crippen LogP contribution in [0, 0.1) is 6.92 Å². The molecule has 0 radical (unpaired) electrons. The summed E-state index contributed by atoms with van der Waals surface area (Å²) < 4.78 is 0. The normalized spacial score (nSPS) is 11.7. The SMILES string of the molecule is CN=C(NCCc1ccc(Cl)nc1)NCC(C)(C)c1ccccc1C.I. The molecule has 0 atom stereocenters. The number of pyridine rings is 1. The highest BCUT2D eigenvalue weighted by Gasteiger charge is 2.22. The van der Waals surface area contributed by atoms with Crippen LogP contribution in [-0.2, 0) is 11.8 Å². The summed E-state index contributed by atoms with van der Waals surface area (Å²) in [5, 5.41) is 7.30. The van der Waals surface area contributed by atoms with Gasteiger partial charge in [-0.15, -0.1) is 24.0 Å². The first-order valence-corrected chi connectivity index (χ1v) is 8.91. The summed E-state index contributed by atoms with van der Waals surface area (Å²) in [4.78, 5) is 8.41. The fraction of sp³-hybridized carbons (Fsp3) is 0.400. The molecule has 0 aliphatic heterocycles. The molecule has 4 nitrogen and oxygen atoms in total. The van der Waals surface area contributed by atoms with Crippen LogP contribution in [0.25, 0.3) is 0 Å². The summed E-state index contributed by atoms with van der Waals surface area (Å²) in [6.45, 7) is 8.24. The number of guanidine groups is 1. The lowest BCUT2D eigenvalue weighted by Crippen LogP contribution is -2.44. The van der Waals surface area contributed by atoms with Crippen LogP contribution in [-0.4, -0.2) is 31.1 Å². The fourth-order valence-corrected chi connectivity index (χ4v) is 2.94. The van der Waals surface area contributed by atoms with E-state index in [0.29, 0.717) is 5.15 Å². The zero-order valence-corrected chi connectivity index (χ0v) is 18.9. The number of hydrogen-bond donors (Lipinski definition) is 2. The van der Waals surface area contributed by atoms with E-state index in [0.717, 1.165) is 31.0 Å². The van der Waals surface area contributed by atoms with Crippen LogP contribution in [0.3, 0.4) is 0 Å². The van der Waals surface area contributed by atoms with Gasteiger partial charge < -0.3 is 10.6 Å². The lowest BCUT2D eigenvalue weighted by molar-refractivity contribution is 0.506. The van der Waals surface area contributed by atoms with Gasteiger partial charge in [-0.05, 0) is 36.1 Å². The monoisotopic (exact) mass is 486 g/mol. The lowest BCUT2D eigenvalue weighted by Gasteiger charge is -2.28. The Labute approximate surface area is 178 Å². The Morgan fingerprint density at radius 3 is 2.50 bits per heavy atom. The van der Waals surface area contributed by atoms with E-state index in [4.69, 9.17) is 11.6 Å². The van der Waals surface area contributed by atoms with Gasteiger partial charge in [0, 0.05) is 31.7 Å². The molecule has 142 valence electrons. The zero-order valence-electron chi connectivity index (χ0n) is 15.8. The standard InChI is InChI=1S/C20H27ClN4.HI/c1-15-7-5-6-8-17(15)20(2,3)14-25-19(22-4)23-12-11-16-9-10-18(21)24-13-16;/h5-10,13H,11-12,14H2,1-4H3,(H2,22,23,25);1H. The highest BCUT2D eigenvalue weighted by atomic mass is 127. The van der Waals surface area contributed by atoms with Crippen molar-refractivity contribution in [2.24, 2.45) is 4.99 Å². The lowest BCUT2D eigenvalue weighted by atomic mass is 9.82. The number of halogens is 2. The third-order valence-corrected chi connectivity index (χ3v) is 4.51. The maximum atomic E-state index is 5.81. The molecule has 0 fully saturated rings. The number of hydrogen-bond acceptors (Lipinski definition) is 2. The summed E-state index contributed by atoms with van der Waals surface area (Å²) in [5.74, 6) is 0.809. The van der Waals surface area contributed by atoms with E-state index in [1.807, 2.05) is 18.3 Å². The average molecular weight is 487 g/mol. The molecule has 2 aromatic rings. The van der Waals surface area contributed by atoms with Crippen molar-refractivity contribution in [1.29, 1.82) is 0 Å². The first-order valence-electron chi connectivity index (χ1n) is 8.53. The third-order valence-electron chi connectivity index (χ3n) is 4.29. The molecule has 6 heteroatoms. The number of aliphatic imine (C=N–C) groups is 1. The van der Waals surface area contributed by atoms with Crippen molar-refractivity contribution in [2.45, 2.75) is 32.6 Å². The van der Waals surface area contributed by atoms with Crippen molar-refractivity contribution in [2.75, 3.05) is 20.1 Å². The van der Waals surface area contributed by atoms with Gasteiger partial charge in [0.05, 0.1) is 0 Å². The summed E-state index contributed by atoms with van der Waals surface area (Å²) in [6.07, 6.45) is 2.67. The van der Waals surface area contributed by atoms with Gasteiger partial charge in [-0.2, -0.15) is 0 Å². The van der Waals surface area contributed by atoms with Crippen molar-refractivity contribution in [1.82, 2.24) is 15.6 Å². The molecule has 0 saturated carbocycles. The number of rotatable bonds is 6. The number of nitrogens with zero attached hydrogens (tertiary/aromatic N) is 2. The Hall–Kier alpha value is -1.34. The molecule has 1 aromatic heterocycles. The molecular formula is C20H28ClIN4. The number of aryl methyl sites for hydroxylation is 1. The molecule has 0 bridgehead atoms. The highest BCUT2D eigenvalue weighted by Crippen LogP contribution is 2.25. The topological polar surface area (TPSA) is 49.3 Å². The molecule has 0 amide bonds. The van der Waals surface area contributed by atoms with Crippen molar-refractivity contribution < 1.29 is 0 Å². The van der Waals surface area contributed by atoms with Gasteiger partial charge in [0.2, 0.25) is 0 Å². The quantitative estimate of drug-likeness (QED) is 0.276. The molecule has 2 rings (SSSR count). The van der Waals surface area contributed by atoms with Gasteiger partial charge in [0.1, 0.15) is 5.15 Å². The van der Waals surface area contributed by atoms with Gasteiger partial charge in [0.25, 0.3) is 0 Å². The van der Waals surface area contributed by atoms with Crippen molar-refractivity contribution in [3.63, 3.8) is 0 Å². The van der Waals surface area contributed by atoms with Crippen LogP contribution < -0.4 is 10.6 Å². The van der Waals surface area contributed by atoms with E-state index in [1.54, 1.807) is 7.05 Å². The molecule has 0 saturated heterocycles. The molecular weight excluding hydrogens is 459 g/mol. The van der Waals surface area contributed by atoms with Crippen molar-refractivity contribution >= 4 is 41.5 Å². The Bertz CT molecular complexity index is 714.